The van der Waals surface area contributed by atoms with E-state index in [1.807, 2.05) is 0 Å². The number of anilines is 2. The van der Waals surface area contributed by atoms with Gasteiger partial charge in [-0.3, -0.25) is 0 Å². The summed E-state index contributed by atoms with van der Waals surface area (Å²) in [5, 5.41) is 43.5. The van der Waals surface area contributed by atoms with Gasteiger partial charge in [0, 0.05) is 20.2 Å². The molecule has 2 aliphatic heterocycles. The van der Waals surface area contributed by atoms with Gasteiger partial charge in [-0.1, -0.05) is 32.1 Å². The number of rotatable bonds is 11. The number of ether oxygens (including phenoxy) is 2. The predicted octanol–water partition coefficient (Wildman–Crippen LogP) is 4.93. The summed E-state index contributed by atoms with van der Waals surface area (Å²) in [5.74, 6) is 1.38. The van der Waals surface area contributed by atoms with E-state index in [-0.39, 0.29) is 46.5 Å². The molecule has 22 heteroatoms. The van der Waals surface area contributed by atoms with Crippen LogP contribution < -0.4 is 22.1 Å². The van der Waals surface area contributed by atoms with Crippen molar-refractivity contribution in [1.82, 2.24) is 59.7 Å². The van der Waals surface area contributed by atoms with Crippen LogP contribution in [-0.2, 0) is 23.6 Å². The minimum atomic E-state index is -0.597. The molecular formula is C37H48N18O4. The summed E-state index contributed by atoms with van der Waals surface area (Å²) in [6.45, 7) is 1.62. The van der Waals surface area contributed by atoms with Crippen LogP contribution in [0.25, 0.3) is 11.6 Å². The maximum Gasteiger partial charge on any atom is 0.343 e. The highest BCUT2D eigenvalue weighted by Crippen LogP contribution is 2.44. The van der Waals surface area contributed by atoms with Crippen molar-refractivity contribution in [2.24, 2.45) is 46.4 Å². The van der Waals surface area contributed by atoms with Crippen LogP contribution in [0.1, 0.15) is 102 Å². The number of hydrogen-bond donors (Lipinski definition) is 4. The van der Waals surface area contributed by atoms with E-state index in [0.717, 1.165) is 45.2 Å². The molecule has 0 spiro atoms. The Labute approximate surface area is 338 Å². The summed E-state index contributed by atoms with van der Waals surface area (Å²) in [5.41, 5.74) is 15.9. The topological polar surface area (TPSA) is 275 Å². The minimum Gasteiger partial charge on any atom is -0.465 e. The quantitative estimate of drug-likeness (QED) is 0.102. The molecule has 1 saturated carbocycles. The van der Waals surface area contributed by atoms with Crippen molar-refractivity contribution >= 4 is 46.6 Å². The molecule has 1 aliphatic carbocycles. The third-order valence-electron chi connectivity index (χ3n) is 11.5. The number of carbonyl (C=O) groups is 2. The first-order chi connectivity index (χ1) is 28.7. The average molecular weight is 809 g/mol. The van der Waals surface area contributed by atoms with Crippen molar-refractivity contribution in [3.8, 4) is 11.6 Å². The summed E-state index contributed by atoms with van der Waals surface area (Å²) >= 11 is 0. The smallest absolute Gasteiger partial charge is 0.343 e. The monoisotopic (exact) mass is 808 g/mol. The van der Waals surface area contributed by atoms with Crippen molar-refractivity contribution in [2.75, 3.05) is 38.8 Å². The number of methoxy groups -OCH3 is 2. The van der Waals surface area contributed by atoms with Gasteiger partial charge in [0.2, 0.25) is 0 Å². The molecule has 5 aromatic heterocycles. The number of aromatic nitrogens is 10. The van der Waals surface area contributed by atoms with Gasteiger partial charge < -0.3 is 31.6 Å². The molecule has 22 nitrogen and oxygen atoms in total. The van der Waals surface area contributed by atoms with E-state index in [2.05, 4.69) is 51.3 Å². The van der Waals surface area contributed by atoms with Gasteiger partial charge in [0.05, 0.1) is 38.7 Å². The Morgan fingerprint density at radius 3 is 1.75 bits per heavy atom. The third kappa shape index (κ3) is 7.67. The first-order valence-corrected chi connectivity index (χ1v) is 19.8. The number of nitrogens with zero attached hydrogens (tertiary/aromatic N) is 14. The zero-order valence-corrected chi connectivity index (χ0v) is 33.4. The third-order valence-corrected chi connectivity index (χ3v) is 11.5. The summed E-state index contributed by atoms with van der Waals surface area (Å²) in [4.78, 5) is 34.1. The number of piperidine rings is 2. The number of hydrogen-bond acceptors (Lipinski definition) is 18. The van der Waals surface area contributed by atoms with E-state index in [1.54, 1.807) is 20.2 Å². The van der Waals surface area contributed by atoms with E-state index < -0.39 is 11.9 Å². The number of nitrogens with one attached hydrogen (secondary N) is 2. The van der Waals surface area contributed by atoms with Crippen LogP contribution in [0, 0.1) is 11.8 Å². The molecule has 5 aromatic rings. The molecule has 310 valence electrons. The number of aryl methyl sites for hydroxylation is 2. The van der Waals surface area contributed by atoms with Gasteiger partial charge in [-0.2, -0.15) is 29.8 Å². The van der Waals surface area contributed by atoms with Crippen molar-refractivity contribution in [3.05, 3.63) is 47.3 Å². The minimum absolute atomic E-state index is 0.152. The molecule has 8 rings (SSSR count). The Kier molecular flexibility index (Phi) is 11.2. The van der Waals surface area contributed by atoms with E-state index >= 15 is 0 Å². The Morgan fingerprint density at radius 1 is 0.695 bits per heavy atom. The van der Waals surface area contributed by atoms with Gasteiger partial charge in [-0.25, -0.2) is 28.9 Å². The predicted molar refractivity (Wildman–Crippen MR) is 213 cm³/mol. The second kappa shape index (κ2) is 16.8. The molecule has 0 aromatic carbocycles. The molecule has 0 radical (unpaired) electrons. The first-order valence-electron chi connectivity index (χ1n) is 19.8. The van der Waals surface area contributed by atoms with Crippen LogP contribution in [0.15, 0.2) is 45.2 Å². The highest BCUT2D eigenvalue weighted by molar-refractivity contribution is 5.94. The SMILES string of the molecule is COC(=O)c1cnn(C)c1N=Nc1c(C2CCCCN2)nn(-c2cc(-n3nc(C4CC(C5CCCC5)CCN4)c(N=Nc4c(C(=O)OC)cnn4C)c3N)ncn2)c1N. The second-order valence-electron chi connectivity index (χ2n) is 15.0. The van der Waals surface area contributed by atoms with Gasteiger partial charge >= 0.3 is 11.9 Å². The standard InChI is InChI=1S/C37H48N18O4/c1-52-34(22(17-44-52)36(56)58-3)48-46-30-28(24-11-7-8-13-40-24)50-54(32(30)38)26-16-27(43-19-42-26)55-33(39)31(47-49-35-23(37(57)59-4)18-45-53(35)2)29(51-55)25-15-21(12-14-41-25)20-9-5-6-10-20/h16-21,24-25,40-41H,5-15,38-39H2,1-4H3. The number of esters is 2. The van der Waals surface area contributed by atoms with Crippen LogP contribution in [0.3, 0.4) is 0 Å². The lowest BCUT2D eigenvalue weighted by Gasteiger charge is -2.33. The number of azo groups is 2. The lowest BCUT2D eigenvalue weighted by molar-refractivity contribution is 0.0592. The molecule has 2 saturated heterocycles. The number of carbonyl (C=O) groups excluding carboxylic acids is 2. The molecule has 3 unspecified atom stereocenters. The highest BCUT2D eigenvalue weighted by atomic mass is 16.5. The summed E-state index contributed by atoms with van der Waals surface area (Å²) in [6.07, 6.45) is 13.9. The van der Waals surface area contributed by atoms with Gasteiger partial charge in [-0.05, 0) is 50.6 Å². The molecule has 59 heavy (non-hydrogen) atoms. The van der Waals surface area contributed by atoms with E-state index in [9.17, 15) is 9.59 Å². The van der Waals surface area contributed by atoms with Crippen LogP contribution in [0.5, 0.6) is 0 Å². The van der Waals surface area contributed by atoms with E-state index in [0.29, 0.717) is 46.2 Å². The maximum absolute atomic E-state index is 12.5. The Bertz CT molecular complexity index is 2400. The lowest BCUT2D eigenvalue weighted by Crippen LogP contribution is -2.34. The molecule has 3 fully saturated rings. The normalized spacial score (nSPS) is 20.2. The van der Waals surface area contributed by atoms with E-state index in [1.165, 1.54) is 77.4 Å². The van der Waals surface area contributed by atoms with Gasteiger partial charge in [0.1, 0.15) is 28.8 Å². The maximum atomic E-state index is 12.5. The lowest BCUT2D eigenvalue weighted by atomic mass is 9.80. The Morgan fingerprint density at radius 2 is 1.22 bits per heavy atom. The molecule has 6 N–H and O–H groups in total. The highest BCUT2D eigenvalue weighted by Gasteiger charge is 2.35. The van der Waals surface area contributed by atoms with Gasteiger partial charge in [-0.15, -0.1) is 20.5 Å². The largest absolute Gasteiger partial charge is 0.465 e. The van der Waals surface area contributed by atoms with Crippen LogP contribution in [0.4, 0.5) is 34.6 Å². The fourth-order valence-electron chi connectivity index (χ4n) is 8.37. The fraction of sp³-hybridized carbons (Fsp3) is 0.514. The van der Waals surface area contributed by atoms with Crippen LogP contribution in [-0.4, -0.2) is 88.3 Å². The van der Waals surface area contributed by atoms with Gasteiger partial charge in [0.15, 0.2) is 46.3 Å². The summed E-state index contributed by atoms with van der Waals surface area (Å²) in [6, 6.07) is 1.33. The summed E-state index contributed by atoms with van der Waals surface area (Å²) < 4.78 is 15.7. The Balaban J connectivity index is 1.19. The van der Waals surface area contributed by atoms with Crippen molar-refractivity contribution < 1.29 is 19.1 Å². The van der Waals surface area contributed by atoms with E-state index in [4.69, 9.17) is 31.1 Å². The van der Waals surface area contributed by atoms with Crippen molar-refractivity contribution in [2.45, 2.75) is 69.9 Å². The molecule has 0 bridgehead atoms. The molecule has 3 aliphatic rings. The zero-order valence-electron chi connectivity index (χ0n) is 33.4. The van der Waals surface area contributed by atoms with Gasteiger partial charge in [0.25, 0.3) is 0 Å². The number of nitrogens with two attached hydrogens (primary N) is 2. The van der Waals surface area contributed by atoms with Crippen LogP contribution in [0.2, 0.25) is 0 Å². The molecule has 0 amide bonds. The number of nitrogen functional groups attached to an aromatic ring is 2. The molecule has 3 atom stereocenters. The zero-order chi connectivity index (χ0) is 41.2. The molecular weight excluding hydrogens is 761 g/mol. The first kappa shape index (κ1) is 39.4. The van der Waals surface area contributed by atoms with Crippen molar-refractivity contribution in [1.29, 1.82) is 0 Å². The van der Waals surface area contributed by atoms with Crippen LogP contribution >= 0.6 is 0 Å². The van der Waals surface area contributed by atoms with Crippen molar-refractivity contribution in [3.63, 3.8) is 0 Å². The summed E-state index contributed by atoms with van der Waals surface area (Å²) in [7, 11) is 5.89. The molecule has 7 heterocycles. The average Bonchev–Trinajstić information content (AvgIpc) is 4.11. The second-order valence-corrected chi connectivity index (χ2v) is 15.0. The Hall–Kier alpha value is -6.42. The fourth-order valence-corrected chi connectivity index (χ4v) is 8.37.